The molecule has 0 spiro atoms. The number of carbonyl (C=O) groups is 2. The topological polar surface area (TPSA) is 102 Å². The molecule has 4 rings (SSSR count). The average Bonchev–Trinajstić information content (AvgIpc) is 3.48. The van der Waals surface area contributed by atoms with Crippen molar-refractivity contribution < 1.29 is 9.59 Å². The number of nitrogens with zero attached hydrogens (tertiary/aromatic N) is 4. The highest BCUT2D eigenvalue weighted by molar-refractivity contribution is 7.99. The number of anilines is 1. The summed E-state index contributed by atoms with van der Waals surface area (Å²) < 4.78 is 1.83. The molecular weight excluding hydrogens is 504 g/mol. The van der Waals surface area contributed by atoms with Crippen molar-refractivity contribution in [2.45, 2.75) is 38.9 Å². The fourth-order valence-electron chi connectivity index (χ4n) is 3.74. The van der Waals surface area contributed by atoms with E-state index in [0.29, 0.717) is 21.7 Å². The number of aryl methyl sites for hydroxylation is 2. The van der Waals surface area contributed by atoms with Crippen LogP contribution in [0.1, 0.15) is 47.2 Å². The van der Waals surface area contributed by atoms with Gasteiger partial charge in [0.25, 0.3) is 5.91 Å². The highest BCUT2D eigenvalue weighted by Gasteiger charge is 2.25. The van der Waals surface area contributed by atoms with Gasteiger partial charge >= 0.3 is 0 Å². The van der Waals surface area contributed by atoms with E-state index in [0.717, 1.165) is 16.8 Å². The highest BCUT2D eigenvalue weighted by Crippen LogP contribution is 2.27. The van der Waals surface area contributed by atoms with Gasteiger partial charge in [-0.15, -0.1) is 21.5 Å². The molecule has 0 aliphatic rings. The number of benzene rings is 2. The molecule has 0 aliphatic heterocycles. The number of nitrogens with one attached hydrogen (secondary N) is 2. The van der Waals surface area contributed by atoms with E-state index in [9.17, 15) is 9.59 Å². The molecule has 192 valence electrons. The van der Waals surface area contributed by atoms with Crippen LogP contribution in [0.2, 0.25) is 0 Å². The molecule has 0 bridgehead atoms. The number of hydrogen-bond acceptors (Lipinski definition) is 7. The van der Waals surface area contributed by atoms with Crippen molar-refractivity contribution in [2.24, 2.45) is 13.0 Å². The van der Waals surface area contributed by atoms with Crippen molar-refractivity contribution in [1.29, 1.82) is 0 Å². The average molecular weight is 535 g/mol. The maximum absolute atomic E-state index is 12.9. The molecule has 10 heteroatoms. The summed E-state index contributed by atoms with van der Waals surface area (Å²) in [7, 11) is 1.85. The van der Waals surface area contributed by atoms with Gasteiger partial charge in [0.15, 0.2) is 16.1 Å². The van der Waals surface area contributed by atoms with Crippen LogP contribution in [-0.2, 0) is 11.8 Å². The van der Waals surface area contributed by atoms with Gasteiger partial charge in [0.2, 0.25) is 5.91 Å². The van der Waals surface area contributed by atoms with E-state index in [-0.39, 0.29) is 29.5 Å². The molecule has 1 unspecified atom stereocenters. The molecule has 2 amide bonds. The van der Waals surface area contributed by atoms with Crippen LogP contribution in [0, 0.1) is 19.8 Å². The van der Waals surface area contributed by atoms with Gasteiger partial charge in [0.05, 0.1) is 17.5 Å². The van der Waals surface area contributed by atoms with Crippen molar-refractivity contribution in [3.63, 3.8) is 0 Å². The summed E-state index contributed by atoms with van der Waals surface area (Å²) >= 11 is 2.68. The third-order valence-corrected chi connectivity index (χ3v) is 7.59. The fraction of sp³-hybridized carbons (Fsp3) is 0.296. The lowest BCUT2D eigenvalue weighted by Crippen LogP contribution is -2.33. The fourth-order valence-corrected chi connectivity index (χ4v) is 5.19. The van der Waals surface area contributed by atoms with Crippen LogP contribution in [0.25, 0.3) is 11.3 Å². The van der Waals surface area contributed by atoms with E-state index in [1.54, 1.807) is 6.07 Å². The van der Waals surface area contributed by atoms with Crippen LogP contribution in [0.3, 0.4) is 0 Å². The first-order valence-corrected chi connectivity index (χ1v) is 13.8. The van der Waals surface area contributed by atoms with E-state index in [1.165, 1.54) is 28.7 Å². The predicted octanol–water partition coefficient (Wildman–Crippen LogP) is 5.41. The van der Waals surface area contributed by atoms with Crippen LogP contribution >= 0.6 is 23.1 Å². The number of carbonyl (C=O) groups excluding carboxylic acids is 2. The quantitative estimate of drug-likeness (QED) is 0.278. The number of hydrogen-bond donors (Lipinski definition) is 2. The maximum Gasteiger partial charge on any atom is 0.251 e. The van der Waals surface area contributed by atoms with Crippen molar-refractivity contribution in [2.75, 3.05) is 11.1 Å². The van der Waals surface area contributed by atoms with Gasteiger partial charge < -0.3 is 15.2 Å². The summed E-state index contributed by atoms with van der Waals surface area (Å²) in [5, 5.41) is 17.7. The lowest BCUT2D eigenvalue weighted by atomic mass is 10.0. The number of thioether (sulfide) groups is 1. The first-order valence-electron chi connectivity index (χ1n) is 11.9. The first kappa shape index (κ1) is 26.6. The maximum atomic E-state index is 12.9. The minimum atomic E-state index is -0.329. The Morgan fingerprint density at radius 3 is 2.51 bits per heavy atom. The van der Waals surface area contributed by atoms with Crippen molar-refractivity contribution >= 4 is 40.0 Å². The van der Waals surface area contributed by atoms with Gasteiger partial charge in [-0.2, -0.15) is 0 Å². The second-order valence-corrected chi connectivity index (χ2v) is 11.0. The molecule has 2 aromatic heterocycles. The third-order valence-electron chi connectivity index (χ3n) is 5.81. The van der Waals surface area contributed by atoms with Crippen molar-refractivity contribution in [3.8, 4) is 11.3 Å². The zero-order chi connectivity index (χ0) is 26.5. The molecule has 2 heterocycles. The Hall–Kier alpha value is -3.50. The Kier molecular flexibility index (Phi) is 8.40. The van der Waals surface area contributed by atoms with Crippen molar-refractivity contribution in [1.82, 2.24) is 25.1 Å². The largest absolute Gasteiger partial charge is 0.342 e. The second-order valence-electron chi connectivity index (χ2n) is 9.21. The van der Waals surface area contributed by atoms with E-state index in [1.807, 2.05) is 87.2 Å². The zero-order valence-corrected chi connectivity index (χ0v) is 23.1. The van der Waals surface area contributed by atoms with Crippen LogP contribution < -0.4 is 10.6 Å². The smallest absolute Gasteiger partial charge is 0.251 e. The summed E-state index contributed by atoms with van der Waals surface area (Å²) in [6, 6.07) is 15.3. The van der Waals surface area contributed by atoms with Crippen LogP contribution in [0.4, 0.5) is 5.13 Å². The normalized spacial score (nSPS) is 11.9. The molecule has 0 radical (unpaired) electrons. The number of aromatic nitrogens is 4. The standard InChI is InChI=1S/C27H30N6O2S2/c1-16(2)23(30-25(35)20-8-6-7-18(4)13-20)24-31-32-27(33(24)5)37-15-22(34)29-26-28-21(14-36-26)19-11-9-17(3)10-12-19/h6-14,16,23H,15H2,1-5H3,(H,30,35)(H,28,29,34). The molecule has 8 nitrogen and oxygen atoms in total. The summed E-state index contributed by atoms with van der Waals surface area (Å²) in [6.07, 6.45) is 0. The molecule has 0 fully saturated rings. The number of amides is 2. The van der Waals surface area contributed by atoms with Gasteiger partial charge in [0.1, 0.15) is 0 Å². The predicted molar refractivity (Wildman–Crippen MR) is 149 cm³/mol. The third kappa shape index (κ3) is 6.64. The minimum absolute atomic E-state index is 0.0884. The van der Waals surface area contributed by atoms with Gasteiger partial charge in [-0.05, 0) is 31.9 Å². The van der Waals surface area contributed by atoms with Crippen LogP contribution in [-0.4, -0.2) is 37.3 Å². The Bertz CT molecular complexity index is 1390. The molecule has 0 aliphatic carbocycles. The Morgan fingerprint density at radius 1 is 1.05 bits per heavy atom. The van der Waals surface area contributed by atoms with Gasteiger partial charge in [-0.25, -0.2) is 4.98 Å². The zero-order valence-electron chi connectivity index (χ0n) is 21.5. The van der Waals surface area contributed by atoms with Crippen LogP contribution in [0.15, 0.2) is 59.1 Å². The summed E-state index contributed by atoms with van der Waals surface area (Å²) in [5.41, 5.74) is 4.65. The Labute approximate surface area is 224 Å². The van der Waals surface area contributed by atoms with E-state index >= 15 is 0 Å². The molecule has 0 saturated heterocycles. The van der Waals surface area contributed by atoms with Gasteiger partial charge in [-0.1, -0.05) is 73.1 Å². The Morgan fingerprint density at radius 2 is 1.81 bits per heavy atom. The molecule has 0 saturated carbocycles. The molecule has 2 aromatic carbocycles. The van der Waals surface area contributed by atoms with Gasteiger partial charge in [-0.3, -0.25) is 9.59 Å². The van der Waals surface area contributed by atoms with E-state index in [2.05, 4.69) is 25.8 Å². The number of rotatable bonds is 9. The molecule has 1 atom stereocenters. The minimum Gasteiger partial charge on any atom is -0.342 e. The molecule has 2 N–H and O–H groups in total. The lowest BCUT2D eigenvalue weighted by molar-refractivity contribution is -0.113. The van der Waals surface area contributed by atoms with Gasteiger partial charge in [0, 0.05) is 23.6 Å². The number of thiazole rings is 1. The molecule has 37 heavy (non-hydrogen) atoms. The second kappa shape index (κ2) is 11.7. The SMILES string of the molecule is Cc1ccc(-c2csc(NC(=O)CSc3nnc(C(NC(=O)c4cccc(C)c4)C(C)C)n3C)n2)cc1. The highest BCUT2D eigenvalue weighted by atomic mass is 32.2. The summed E-state index contributed by atoms with van der Waals surface area (Å²) in [6.45, 7) is 8.04. The Balaban J connectivity index is 1.37. The lowest BCUT2D eigenvalue weighted by Gasteiger charge is -2.21. The summed E-state index contributed by atoms with van der Waals surface area (Å²) in [5.74, 6) is 0.555. The first-order chi connectivity index (χ1) is 17.7. The van der Waals surface area contributed by atoms with Crippen LogP contribution in [0.5, 0.6) is 0 Å². The summed E-state index contributed by atoms with van der Waals surface area (Å²) in [4.78, 5) is 30.0. The monoisotopic (exact) mass is 534 g/mol. The van der Waals surface area contributed by atoms with Crippen molar-refractivity contribution in [3.05, 3.63) is 76.4 Å². The molecular formula is C27H30N6O2S2. The van der Waals surface area contributed by atoms with E-state index < -0.39 is 0 Å². The van der Waals surface area contributed by atoms with E-state index in [4.69, 9.17) is 0 Å². The molecule has 4 aromatic rings.